The smallest absolute Gasteiger partial charge is 0.0931 e. The van der Waals surface area contributed by atoms with Gasteiger partial charge in [-0.3, -0.25) is 4.90 Å². The highest BCUT2D eigenvalue weighted by atomic mass is 35.5. The predicted octanol–water partition coefficient (Wildman–Crippen LogP) is 3.39. The number of nitrogens with zero attached hydrogens (tertiary/aromatic N) is 1. The van der Waals surface area contributed by atoms with Gasteiger partial charge in [-0.05, 0) is 51.3 Å². The molecule has 0 saturated carbocycles. The van der Waals surface area contributed by atoms with Crippen LogP contribution in [0.3, 0.4) is 0 Å². The maximum absolute atomic E-state index is 6.07. The zero-order valence-electron chi connectivity index (χ0n) is 11.2. The molecule has 0 bridgehead atoms. The predicted molar refractivity (Wildman–Crippen MR) is 78.4 cm³/mol. The number of hydrogen-bond acceptors (Lipinski definition) is 3. The molecule has 1 N–H and O–H groups in total. The third-order valence-corrected chi connectivity index (χ3v) is 6.29. The minimum Gasteiger partial charge on any atom is -0.316 e. The molecule has 4 heteroatoms. The minimum atomic E-state index is 0.282. The van der Waals surface area contributed by atoms with E-state index in [0.717, 1.165) is 16.2 Å². The Bertz CT molecular complexity index is 443. The molecule has 100 valence electrons. The topological polar surface area (TPSA) is 15.3 Å². The van der Waals surface area contributed by atoms with Crippen LogP contribution in [0.5, 0.6) is 0 Å². The first-order chi connectivity index (χ1) is 8.50. The lowest BCUT2D eigenvalue weighted by molar-refractivity contribution is 0.0987. The van der Waals surface area contributed by atoms with Gasteiger partial charge in [-0.15, -0.1) is 11.3 Å². The van der Waals surface area contributed by atoms with Crippen LogP contribution in [0.2, 0.25) is 4.34 Å². The SMILES string of the molecule is CC(c1ccc(Cl)s1)N1CC2CNCC2C1(C)C. The third-order valence-electron chi connectivity index (χ3n) is 4.89. The monoisotopic (exact) mass is 284 g/mol. The van der Waals surface area contributed by atoms with E-state index in [0.29, 0.717) is 6.04 Å². The first kappa shape index (κ1) is 12.9. The van der Waals surface area contributed by atoms with Gasteiger partial charge in [0.25, 0.3) is 0 Å². The zero-order chi connectivity index (χ0) is 12.9. The average Bonchev–Trinajstić information content (AvgIpc) is 2.96. The van der Waals surface area contributed by atoms with Gasteiger partial charge in [0.15, 0.2) is 0 Å². The van der Waals surface area contributed by atoms with Gasteiger partial charge in [0, 0.05) is 29.5 Å². The molecule has 2 fully saturated rings. The molecule has 3 rings (SSSR count). The van der Waals surface area contributed by atoms with Crippen molar-refractivity contribution in [2.45, 2.75) is 32.4 Å². The molecule has 0 aromatic carbocycles. The van der Waals surface area contributed by atoms with Gasteiger partial charge in [-0.1, -0.05) is 11.6 Å². The highest BCUT2D eigenvalue weighted by molar-refractivity contribution is 7.16. The summed E-state index contributed by atoms with van der Waals surface area (Å²) in [6, 6.07) is 4.67. The van der Waals surface area contributed by atoms with E-state index in [1.165, 1.54) is 24.5 Å². The summed E-state index contributed by atoms with van der Waals surface area (Å²) in [4.78, 5) is 4.06. The Morgan fingerprint density at radius 2 is 2.22 bits per heavy atom. The lowest BCUT2D eigenvalue weighted by Crippen LogP contribution is -2.45. The van der Waals surface area contributed by atoms with Gasteiger partial charge in [-0.25, -0.2) is 0 Å². The largest absolute Gasteiger partial charge is 0.316 e. The van der Waals surface area contributed by atoms with Gasteiger partial charge in [0.1, 0.15) is 0 Å². The molecule has 2 nitrogen and oxygen atoms in total. The van der Waals surface area contributed by atoms with Crippen molar-refractivity contribution in [2.24, 2.45) is 11.8 Å². The fraction of sp³-hybridized carbons (Fsp3) is 0.714. The normalized spacial score (nSPS) is 32.7. The minimum absolute atomic E-state index is 0.282. The molecule has 0 spiro atoms. The summed E-state index contributed by atoms with van der Waals surface area (Å²) in [7, 11) is 0. The number of nitrogens with one attached hydrogen (secondary N) is 1. The summed E-state index contributed by atoms with van der Waals surface area (Å²) < 4.78 is 0.899. The van der Waals surface area contributed by atoms with Crippen LogP contribution >= 0.6 is 22.9 Å². The van der Waals surface area contributed by atoms with E-state index in [4.69, 9.17) is 11.6 Å². The summed E-state index contributed by atoms with van der Waals surface area (Å²) in [5.41, 5.74) is 0.282. The lowest BCUT2D eigenvalue weighted by Gasteiger charge is -2.39. The molecule has 1 aromatic heterocycles. The van der Waals surface area contributed by atoms with E-state index in [2.05, 4.69) is 37.1 Å². The van der Waals surface area contributed by atoms with Crippen molar-refractivity contribution >= 4 is 22.9 Å². The number of fused-ring (bicyclic) bond motifs is 1. The molecule has 3 unspecified atom stereocenters. The second-order valence-corrected chi connectivity index (χ2v) is 7.90. The summed E-state index contributed by atoms with van der Waals surface area (Å²) in [6.07, 6.45) is 0. The first-order valence-electron chi connectivity index (χ1n) is 6.73. The van der Waals surface area contributed by atoms with Crippen molar-refractivity contribution in [3.8, 4) is 0 Å². The van der Waals surface area contributed by atoms with Crippen LogP contribution in [0, 0.1) is 11.8 Å². The van der Waals surface area contributed by atoms with Crippen LogP contribution in [-0.2, 0) is 0 Å². The molecule has 3 atom stereocenters. The van der Waals surface area contributed by atoms with Crippen LogP contribution in [-0.4, -0.2) is 30.1 Å². The van der Waals surface area contributed by atoms with Crippen molar-refractivity contribution in [1.29, 1.82) is 0 Å². The standard InChI is InChI=1S/C14H21ClN2S/c1-9(12-4-5-13(15)18-12)17-8-10-6-16-7-11(10)14(17,2)3/h4-5,9-11,16H,6-8H2,1-3H3. The first-order valence-corrected chi connectivity index (χ1v) is 7.92. The Hall–Kier alpha value is -0.0900. The van der Waals surface area contributed by atoms with Gasteiger partial charge >= 0.3 is 0 Å². The highest BCUT2D eigenvalue weighted by Crippen LogP contribution is 2.45. The van der Waals surface area contributed by atoms with Gasteiger partial charge in [0.2, 0.25) is 0 Å². The third kappa shape index (κ3) is 1.92. The number of likely N-dealkylation sites (tertiary alicyclic amines) is 1. The summed E-state index contributed by atoms with van der Waals surface area (Å²) in [5, 5.41) is 3.54. The van der Waals surface area contributed by atoms with E-state index in [9.17, 15) is 0 Å². The molecule has 0 radical (unpaired) electrons. The Balaban J connectivity index is 1.84. The van der Waals surface area contributed by atoms with Crippen LogP contribution in [0.25, 0.3) is 0 Å². The van der Waals surface area contributed by atoms with E-state index in [1.54, 1.807) is 11.3 Å². The molecular weight excluding hydrogens is 264 g/mol. The number of rotatable bonds is 2. The van der Waals surface area contributed by atoms with Crippen LogP contribution in [0.4, 0.5) is 0 Å². The van der Waals surface area contributed by atoms with Gasteiger partial charge in [-0.2, -0.15) is 0 Å². The fourth-order valence-electron chi connectivity index (χ4n) is 3.82. The van der Waals surface area contributed by atoms with E-state index in [1.807, 2.05) is 6.07 Å². The lowest BCUT2D eigenvalue weighted by atomic mass is 9.84. The maximum atomic E-state index is 6.07. The van der Waals surface area contributed by atoms with E-state index in [-0.39, 0.29) is 5.54 Å². The Morgan fingerprint density at radius 3 is 2.83 bits per heavy atom. The van der Waals surface area contributed by atoms with Gasteiger partial charge < -0.3 is 5.32 Å². The molecule has 18 heavy (non-hydrogen) atoms. The molecule has 3 heterocycles. The van der Waals surface area contributed by atoms with Crippen molar-refractivity contribution in [3.63, 3.8) is 0 Å². The van der Waals surface area contributed by atoms with Crippen LogP contribution < -0.4 is 5.32 Å². The van der Waals surface area contributed by atoms with Gasteiger partial charge in [0.05, 0.1) is 4.34 Å². The quantitative estimate of drug-likeness (QED) is 0.895. The van der Waals surface area contributed by atoms with E-state index < -0.39 is 0 Å². The number of thiophene rings is 1. The summed E-state index contributed by atoms with van der Waals surface area (Å²) in [6.45, 7) is 10.7. The second kappa shape index (κ2) is 4.48. The molecule has 2 saturated heterocycles. The summed E-state index contributed by atoms with van der Waals surface area (Å²) >= 11 is 7.79. The zero-order valence-corrected chi connectivity index (χ0v) is 12.8. The number of halogens is 1. The summed E-state index contributed by atoms with van der Waals surface area (Å²) in [5.74, 6) is 1.60. The van der Waals surface area contributed by atoms with Crippen LogP contribution in [0.15, 0.2) is 12.1 Å². The Labute approximate surface area is 118 Å². The highest BCUT2D eigenvalue weighted by Gasteiger charge is 2.50. The molecule has 0 aliphatic carbocycles. The second-order valence-electron chi connectivity index (χ2n) is 6.15. The van der Waals surface area contributed by atoms with Crippen LogP contribution in [0.1, 0.15) is 31.7 Å². The van der Waals surface area contributed by atoms with Crippen molar-refractivity contribution in [2.75, 3.05) is 19.6 Å². The van der Waals surface area contributed by atoms with E-state index >= 15 is 0 Å². The number of hydrogen-bond donors (Lipinski definition) is 1. The van der Waals surface area contributed by atoms with Crippen molar-refractivity contribution < 1.29 is 0 Å². The average molecular weight is 285 g/mol. The molecule has 2 aliphatic heterocycles. The van der Waals surface area contributed by atoms with Crippen molar-refractivity contribution in [3.05, 3.63) is 21.3 Å². The van der Waals surface area contributed by atoms with Crippen molar-refractivity contribution in [1.82, 2.24) is 10.2 Å². The Morgan fingerprint density at radius 1 is 1.44 bits per heavy atom. The molecule has 1 aromatic rings. The Kier molecular flexibility index (Phi) is 3.22. The fourth-order valence-corrected chi connectivity index (χ4v) is 4.94. The molecular formula is C14H21ClN2S. The molecule has 0 amide bonds. The maximum Gasteiger partial charge on any atom is 0.0931 e. The molecule has 2 aliphatic rings.